The van der Waals surface area contributed by atoms with E-state index in [0.717, 1.165) is 0 Å². The maximum atomic E-state index is 11.6. The van der Waals surface area contributed by atoms with Gasteiger partial charge >= 0.3 is 5.97 Å². The van der Waals surface area contributed by atoms with Gasteiger partial charge in [-0.15, -0.1) is 0 Å². The minimum atomic E-state index is -1.07. The van der Waals surface area contributed by atoms with Crippen LogP contribution in [0.25, 0.3) is 0 Å². The van der Waals surface area contributed by atoms with E-state index in [0.29, 0.717) is 12.8 Å². The number of nitrogens with one attached hydrogen (secondary N) is 1. The lowest BCUT2D eigenvalue weighted by atomic mass is 10.2. The van der Waals surface area contributed by atoms with Gasteiger partial charge in [-0.05, 0) is 18.6 Å². The van der Waals surface area contributed by atoms with Crippen LogP contribution in [0.2, 0.25) is 10.0 Å². The van der Waals surface area contributed by atoms with E-state index in [2.05, 4.69) is 5.32 Å². The highest BCUT2D eigenvalue weighted by molar-refractivity contribution is 6.37. The van der Waals surface area contributed by atoms with Crippen molar-refractivity contribution in [2.75, 3.05) is 6.61 Å². The van der Waals surface area contributed by atoms with Crippen LogP contribution < -0.4 is 10.1 Å². The number of rotatable bonds is 7. The van der Waals surface area contributed by atoms with E-state index in [-0.39, 0.29) is 22.4 Å². The molecule has 1 atom stereocenters. The fraction of sp³-hybridized carbons (Fsp3) is 0.385. The number of carboxylic acids is 1. The molecule has 110 valence electrons. The maximum Gasteiger partial charge on any atom is 0.326 e. The highest BCUT2D eigenvalue weighted by Gasteiger charge is 2.19. The number of carbonyl (C=O) groups excluding carboxylic acids is 1. The van der Waals surface area contributed by atoms with Gasteiger partial charge in [0.25, 0.3) is 5.91 Å². The molecule has 0 fully saturated rings. The lowest BCUT2D eigenvalue weighted by Gasteiger charge is -2.14. The van der Waals surface area contributed by atoms with E-state index in [9.17, 15) is 9.59 Å². The lowest BCUT2D eigenvalue weighted by molar-refractivity contribution is -0.142. The van der Waals surface area contributed by atoms with Gasteiger partial charge in [-0.1, -0.05) is 42.6 Å². The molecule has 0 radical (unpaired) electrons. The number of hydrogen-bond acceptors (Lipinski definition) is 3. The Morgan fingerprint density at radius 3 is 2.45 bits per heavy atom. The molecule has 0 aliphatic carbocycles. The number of amides is 1. The summed E-state index contributed by atoms with van der Waals surface area (Å²) in [7, 11) is 0. The van der Waals surface area contributed by atoms with Gasteiger partial charge in [0.05, 0.1) is 10.0 Å². The minimum absolute atomic E-state index is 0.202. The molecule has 1 unspecified atom stereocenters. The van der Waals surface area contributed by atoms with Crippen LogP contribution >= 0.6 is 23.2 Å². The van der Waals surface area contributed by atoms with E-state index in [1.165, 1.54) is 0 Å². The number of benzene rings is 1. The quantitative estimate of drug-likeness (QED) is 0.810. The number of para-hydroxylation sites is 1. The maximum absolute atomic E-state index is 11.6. The molecule has 0 aliphatic heterocycles. The van der Waals surface area contributed by atoms with Gasteiger partial charge in [-0.3, -0.25) is 4.79 Å². The van der Waals surface area contributed by atoms with Crippen molar-refractivity contribution in [3.05, 3.63) is 28.2 Å². The van der Waals surface area contributed by atoms with Gasteiger partial charge in [0, 0.05) is 0 Å². The number of halogens is 2. The van der Waals surface area contributed by atoms with Crippen molar-refractivity contribution in [3.8, 4) is 5.75 Å². The van der Waals surface area contributed by atoms with E-state index in [1.54, 1.807) is 18.2 Å². The van der Waals surface area contributed by atoms with Crippen LogP contribution in [0.4, 0.5) is 0 Å². The summed E-state index contributed by atoms with van der Waals surface area (Å²) in [4.78, 5) is 22.6. The molecule has 0 saturated heterocycles. The van der Waals surface area contributed by atoms with Crippen LogP contribution in [0.3, 0.4) is 0 Å². The van der Waals surface area contributed by atoms with Crippen LogP contribution in [0, 0.1) is 0 Å². The number of hydrogen-bond donors (Lipinski definition) is 2. The lowest BCUT2D eigenvalue weighted by Crippen LogP contribution is -2.42. The SMILES string of the molecule is CCCC(NC(=O)COc1c(Cl)cccc1Cl)C(=O)O. The van der Waals surface area contributed by atoms with Gasteiger partial charge < -0.3 is 15.2 Å². The first kappa shape index (κ1) is 16.6. The molecule has 2 N–H and O–H groups in total. The van der Waals surface area contributed by atoms with Crippen molar-refractivity contribution in [2.24, 2.45) is 0 Å². The molecule has 0 heterocycles. The Balaban J connectivity index is 2.57. The largest absolute Gasteiger partial charge is 0.481 e. The molecule has 0 aromatic heterocycles. The second kappa shape index (κ2) is 7.97. The van der Waals surface area contributed by atoms with Crippen LogP contribution in [-0.2, 0) is 9.59 Å². The first-order chi connectivity index (χ1) is 9.45. The number of ether oxygens (including phenoxy) is 1. The van der Waals surface area contributed by atoms with Crippen LogP contribution in [-0.4, -0.2) is 29.6 Å². The third-order valence-corrected chi connectivity index (χ3v) is 3.07. The molecule has 0 spiro atoms. The summed E-state index contributed by atoms with van der Waals surface area (Å²) in [6.45, 7) is 1.49. The number of carboxylic acid groups (broad SMARTS) is 1. The predicted octanol–water partition coefficient (Wildman–Crippen LogP) is 2.74. The van der Waals surface area contributed by atoms with Crippen molar-refractivity contribution >= 4 is 35.1 Å². The molecule has 0 saturated carbocycles. The fourth-order valence-corrected chi connectivity index (χ4v) is 2.05. The fourth-order valence-electron chi connectivity index (χ4n) is 1.54. The summed E-state index contributed by atoms with van der Waals surface area (Å²) in [6.07, 6.45) is 1.00. The summed E-state index contributed by atoms with van der Waals surface area (Å²) in [5.74, 6) is -1.41. The minimum Gasteiger partial charge on any atom is -0.481 e. The van der Waals surface area contributed by atoms with Crippen molar-refractivity contribution < 1.29 is 19.4 Å². The molecule has 20 heavy (non-hydrogen) atoms. The normalized spacial score (nSPS) is 11.8. The van der Waals surface area contributed by atoms with Crippen molar-refractivity contribution in [1.82, 2.24) is 5.32 Å². The number of carbonyl (C=O) groups is 2. The summed E-state index contributed by atoms with van der Waals surface area (Å²) in [6, 6.07) is 3.90. The Hall–Kier alpha value is -1.46. The van der Waals surface area contributed by atoms with Crippen molar-refractivity contribution in [1.29, 1.82) is 0 Å². The van der Waals surface area contributed by atoms with Gasteiger partial charge in [0.2, 0.25) is 0 Å². The highest BCUT2D eigenvalue weighted by atomic mass is 35.5. The standard InChI is InChI=1S/C13H15Cl2NO4/c1-2-4-10(13(18)19)16-11(17)7-20-12-8(14)5-3-6-9(12)15/h3,5-6,10H,2,4,7H2,1H3,(H,16,17)(H,18,19). The molecule has 0 bridgehead atoms. The summed E-state index contributed by atoms with van der Waals surface area (Å²) in [5, 5.41) is 11.9. The van der Waals surface area contributed by atoms with Crippen LogP contribution in [0.5, 0.6) is 5.75 Å². The predicted molar refractivity (Wildman–Crippen MR) is 76.4 cm³/mol. The molecule has 7 heteroatoms. The second-order valence-electron chi connectivity index (χ2n) is 4.09. The average Bonchev–Trinajstić information content (AvgIpc) is 2.37. The molecular formula is C13H15Cl2NO4. The van der Waals surface area contributed by atoms with Crippen molar-refractivity contribution in [2.45, 2.75) is 25.8 Å². The van der Waals surface area contributed by atoms with Crippen LogP contribution in [0.15, 0.2) is 18.2 Å². The van der Waals surface area contributed by atoms with Gasteiger partial charge in [-0.2, -0.15) is 0 Å². The molecule has 1 aromatic rings. The van der Waals surface area contributed by atoms with Crippen LogP contribution in [0.1, 0.15) is 19.8 Å². The Morgan fingerprint density at radius 2 is 1.95 bits per heavy atom. The van der Waals surface area contributed by atoms with E-state index >= 15 is 0 Å². The van der Waals surface area contributed by atoms with E-state index in [1.807, 2.05) is 6.92 Å². The zero-order valence-electron chi connectivity index (χ0n) is 10.9. The molecule has 5 nitrogen and oxygen atoms in total. The Bertz CT molecular complexity index is 473. The smallest absolute Gasteiger partial charge is 0.326 e. The van der Waals surface area contributed by atoms with E-state index < -0.39 is 17.9 Å². The summed E-state index contributed by atoms with van der Waals surface area (Å²) >= 11 is 11.8. The van der Waals surface area contributed by atoms with Gasteiger partial charge in [0.15, 0.2) is 12.4 Å². The second-order valence-corrected chi connectivity index (χ2v) is 4.90. The first-order valence-corrected chi connectivity index (χ1v) is 6.80. The van der Waals surface area contributed by atoms with E-state index in [4.69, 9.17) is 33.0 Å². The Labute approximate surface area is 126 Å². The van der Waals surface area contributed by atoms with Crippen molar-refractivity contribution in [3.63, 3.8) is 0 Å². The number of aliphatic carboxylic acids is 1. The molecule has 1 rings (SSSR count). The van der Waals surface area contributed by atoms with Gasteiger partial charge in [-0.25, -0.2) is 4.79 Å². The zero-order valence-corrected chi connectivity index (χ0v) is 12.4. The molecular weight excluding hydrogens is 305 g/mol. The summed E-state index contributed by atoms with van der Waals surface area (Å²) < 4.78 is 5.22. The molecule has 0 aliphatic rings. The molecule has 1 aromatic carbocycles. The zero-order chi connectivity index (χ0) is 15.1. The first-order valence-electron chi connectivity index (χ1n) is 6.04. The Morgan fingerprint density at radius 1 is 1.35 bits per heavy atom. The molecule has 1 amide bonds. The van der Waals surface area contributed by atoms with Gasteiger partial charge in [0.1, 0.15) is 6.04 Å². The average molecular weight is 320 g/mol. The summed E-state index contributed by atoms with van der Waals surface area (Å²) in [5.41, 5.74) is 0. The third kappa shape index (κ3) is 4.90. The monoisotopic (exact) mass is 319 g/mol. The topological polar surface area (TPSA) is 75.6 Å². The highest BCUT2D eigenvalue weighted by Crippen LogP contribution is 2.32. The Kier molecular flexibility index (Phi) is 6.61. The third-order valence-electron chi connectivity index (χ3n) is 2.48.